The zero-order valence-corrected chi connectivity index (χ0v) is 15.5. The van der Waals surface area contributed by atoms with Gasteiger partial charge in [0.1, 0.15) is 12.4 Å². The number of fused-ring (bicyclic) bond motifs is 1. The molecule has 27 heavy (non-hydrogen) atoms. The van der Waals surface area contributed by atoms with Crippen molar-refractivity contribution in [1.29, 1.82) is 0 Å². The molecule has 1 saturated heterocycles. The second kappa shape index (κ2) is 7.04. The summed E-state index contributed by atoms with van der Waals surface area (Å²) >= 11 is 6.27. The Morgan fingerprint density at radius 3 is 2.74 bits per heavy atom. The number of carbonyl (C=O) groups is 2. The van der Waals surface area contributed by atoms with Gasteiger partial charge in [-0.05, 0) is 24.3 Å². The monoisotopic (exact) mass is 383 g/mol. The predicted octanol–water partition coefficient (Wildman–Crippen LogP) is 3.38. The number of methoxy groups -OCH3 is 1. The van der Waals surface area contributed by atoms with Gasteiger partial charge in [-0.2, -0.15) is 0 Å². The van der Waals surface area contributed by atoms with Gasteiger partial charge in [0.05, 0.1) is 28.9 Å². The van der Waals surface area contributed by atoms with E-state index in [2.05, 4.69) is 0 Å². The van der Waals surface area contributed by atoms with E-state index in [1.165, 1.54) is 7.11 Å². The van der Waals surface area contributed by atoms with Crippen LogP contribution in [0.25, 0.3) is 11.0 Å². The lowest BCUT2D eigenvalue weighted by Crippen LogP contribution is -2.25. The van der Waals surface area contributed by atoms with E-state index < -0.39 is 0 Å². The highest BCUT2D eigenvalue weighted by Gasteiger charge is 2.35. The number of hydrogen-bond acceptors (Lipinski definition) is 4. The van der Waals surface area contributed by atoms with Crippen LogP contribution in [0.5, 0.6) is 0 Å². The molecule has 0 aliphatic carbocycles. The average Bonchev–Trinajstić information content (AvgIpc) is 3.23. The van der Waals surface area contributed by atoms with E-state index in [0.29, 0.717) is 29.5 Å². The molecule has 1 amide bonds. The molecule has 138 valence electrons. The molecule has 1 atom stereocenters. The van der Waals surface area contributed by atoms with Gasteiger partial charge in [-0.15, -0.1) is 0 Å². The summed E-state index contributed by atoms with van der Waals surface area (Å²) in [5.41, 5.74) is 2.34. The summed E-state index contributed by atoms with van der Waals surface area (Å²) in [4.78, 5) is 31.0. The first-order chi connectivity index (χ1) is 13.1. The van der Waals surface area contributed by atoms with Gasteiger partial charge in [0.2, 0.25) is 5.91 Å². The molecule has 1 aliphatic heterocycles. The van der Waals surface area contributed by atoms with E-state index >= 15 is 0 Å². The van der Waals surface area contributed by atoms with Crippen LogP contribution in [0, 0.1) is 0 Å². The molecule has 0 N–H and O–H groups in total. The van der Waals surface area contributed by atoms with Crippen molar-refractivity contribution in [3.63, 3.8) is 0 Å². The van der Waals surface area contributed by atoms with E-state index in [0.717, 1.165) is 11.0 Å². The summed E-state index contributed by atoms with van der Waals surface area (Å²) in [5, 5.41) is 0.537. The van der Waals surface area contributed by atoms with Crippen LogP contribution in [0.15, 0.2) is 48.5 Å². The highest BCUT2D eigenvalue weighted by molar-refractivity contribution is 6.33. The lowest BCUT2D eigenvalue weighted by atomic mass is 10.1. The quantitative estimate of drug-likeness (QED) is 0.648. The first kappa shape index (κ1) is 17.5. The number of aromatic nitrogens is 2. The molecule has 3 aromatic rings. The fraction of sp³-hybridized carbons (Fsp3) is 0.250. The highest BCUT2D eigenvalue weighted by Crippen LogP contribution is 2.35. The maximum Gasteiger partial charge on any atom is 0.325 e. The molecular weight excluding hydrogens is 366 g/mol. The molecule has 1 aliphatic rings. The molecule has 0 saturated carbocycles. The fourth-order valence-electron chi connectivity index (χ4n) is 3.55. The lowest BCUT2D eigenvalue weighted by Gasteiger charge is -2.18. The van der Waals surface area contributed by atoms with Gasteiger partial charge in [-0.1, -0.05) is 35.9 Å². The minimum atomic E-state index is -0.355. The number of benzene rings is 2. The van der Waals surface area contributed by atoms with Crippen LogP contribution >= 0.6 is 11.6 Å². The predicted molar refractivity (Wildman–Crippen MR) is 103 cm³/mol. The topological polar surface area (TPSA) is 64.4 Å². The van der Waals surface area contributed by atoms with Crippen LogP contribution in [-0.2, 0) is 20.9 Å². The summed E-state index contributed by atoms with van der Waals surface area (Å²) in [7, 11) is 1.36. The molecule has 1 unspecified atom stereocenters. The third-order valence-electron chi connectivity index (χ3n) is 4.83. The number of para-hydroxylation sites is 3. The van der Waals surface area contributed by atoms with Crippen molar-refractivity contribution in [3.8, 4) is 0 Å². The molecule has 0 radical (unpaired) electrons. The Bertz CT molecular complexity index is 1030. The summed E-state index contributed by atoms with van der Waals surface area (Å²) in [5.74, 6) is 0.215. The number of carbonyl (C=O) groups excluding carboxylic acids is 2. The second-order valence-corrected chi connectivity index (χ2v) is 6.88. The number of nitrogens with zero attached hydrogens (tertiary/aromatic N) is 3. The first-order valence-corrected chi connectivity index (χ1v) is 9.03. The maximum absolute atomic E-state index is 12.7. The lowest BCUT2D eigenvalue weighted by molar-refractivity contribution is -0.141. The van der Waals surface area contributed by atoms with Crippen LogP contribution < -0.4 is 4.90 Å². The normalized spacial score (nSPS) is 16.9. The second-order valence-electron chi connectivity index (χ2n) is 6.48. The molecular formula is C20H18ClN3O3. The van der Waals surface area contributed by atoms with Crippen molar-refractivity contribution in [2.24, 2.45) is 0 Å². The Morgan fingerprint density at radius 1 is 1.22 bits per heavy atom. The fourth-order valence-corrected chi connectivity index (χ4v) is 3.79. The Labute approximate surface area is 161 Å². The Balaban J connectivity index is 1.72. The van der Waals surface area contributed by atoms with Crippen LogP contribution in [-0.4, -0.2) is 35.1 Å². The minimum Gasteiger partial charge on any atom is -0.468 e. The van der Waals surface area contributed by atoms with Gasteiger partial charge in [0.25, 0.3) is 0 Å². The molecule has 7 heteroatoms. The van der Waals surface area contributed by atoms with E-state index in [1.54, 1.807) is 11.0 Å². The number of amides is 1. The smallest absolute Gasteiger partial charge is 0.325 e. The SMILES string of the molecule is COC(=O)Cn1c(C2CC(=O)N(c3ccccc3Cl)C2)nc2ccccc21. The van der Waals surface area contributed by atoms with Gasteiger partial charge in [-0.3, -0.25) is 9.59 Å². The van der Waals surface area contributed by atoms with Gasteiger partial charge >= 0.3 is 5.97 Å². The molecule has 2 aromatic carbocycles. The van der Waals surface area contributed by atoms with Gasteiger partial charge in [-0.25, -0.2) is 4.98 Å². The van der Waals surface area contributed by atoms with Crippen LogP contribution in [0.1, 0.15) is 18.2 Å². The van der Waals surface area contributed by atoms with Gasteiger partial charge in [0, 0.05) is 18.9 Å². The number of imidazole rings is 1. The highest BCUT2D eigenvalue weighted by atomic mass is 35.5. The van der Waals surface area contributed by atoms with Gasteiger partial charge < -0.3 is 14.2 Å². The molecule has 6 nitrogen and oxygen atoms in total. The number of ether oxygens (including phenoxy) is 1. The van der Waals surface area contributed by atoms with Crippen LogP contribution in [0.2, 0.25) is 5.02 Å². The van der Waals surface area contributed by atoms with Crippen LogP contribution in [0.4, 0.5) is 5.69 Å². The largest absolute Gasteiger partial charge is 0.468 e. The number of rotatable bonds is 4. The van der Waals surface area contributed by atoms with Gasteiger partial charge in [0.15, 0.2) is 0 Å². The Kier molecular flexibility index (Phi) is 4.58. The summed E-state index contributed by atoms with van der Waals surface area (Å²) in [6, 6.07) is 14.9. The molecule has 0 bridgehead atoms. The standard InChI is InChI=1S/C20H18ClN3O3/c1-27-19(26)12-24-17-9-5-3-7-15(17)22-20(24)13-10-18(25)23(11-13)16-8-4-2-6-14(16)21/h2-9,13H,10-12H2,1H3. The number of hydrogen-bond donors (Lipinski definition) is 0. The van der Waals surface area contributed by atoms with E-state index in [1.807, 2.05) is 47.0 Å². The maximum atomic E-state index is 12.7. The van der Waals surface area contributed by atoms with Crippen molar-refractivity contribution in [3.05, 3.63) is 59.4 Å². The van der Waals surface area contributed by atoms with Crippen molar-refractivity contribution in [1.82, 2.24) is 9.55 Å². The zero-order valence-electron chi connectivity index (χ0n) is 14.8. The minimum absolute atomic E-state index is 0.00947. The summed E-state index contributed by atoms with van der Waals surface area (Å²) in [6.07, 6.45) is 0.315. The van der Waals surface area contributed by atoms with E-state index in [9.17, 15) is 9.59 Å². The Morgan fingerprint density at radius 2 is 1.96 bits per heavy atom. The van der Waals surface area contributed by atoms with Crippen molar-refractivity contribution < 1.29 is 14.3 Å². The molecule has 0 spiro atoms. The summed E-state index contributed by atoms with van der Waals surface area (Å²) in [6.45, 7) is 0.524. The van der Waals surface area contributed by atoms with E-state index in [4.69, 9.17) is 21.3 Å². The Hall–Kier alpha value is -2.86. The molecule has 2 heterocycles. The summed E-state index contributed by atoms with van der Waals surface area (Å²) < 4.78 is 6.68. The molecule has 1 fully saturated rings. The number of halogens is 1. The molecule has 1 aromatic heterocycles. The van der Waals surface area contributed by atoms with Crippen LogP contribution in [0.3, 0.4) is 0 Å². The van der Waals surface area contributed by atoms with E-state index in [-0.39, 0.29) is 24.3 Å². The van der Waals surface area contributed by atoms with Crippen molar-refractivity contribution >= 4 is 40.2 Å². The van der Waals surface area contributed by atoms with Crippen molar-refractivity contribution in [2.45, 2.75) is 18.9 Å². The average molecular weight is 384 g/mol. The third kappa shape index (κ3) is 3.17. The zero-order chi connectivity index (χ0) is 19.0. The third-order valence-corrected chi connectivity index (χ3v) is 5.15. The number of anilines is 1. The first-order valence-electron chi connectivity index (χ1n) is 8.65. The number of esters is 1. The molecule has 4 rings (SSSR count). The van der Waals surface area contributed by atoms with Crippen molar-refractivity contribution in [2.75, 3.05) is 18.6 Å².